The molecule has 0 aromatic heterocycles. The summed E-state index contributed by atoms with van der Waals surface area (Å²) >= 11 is 3.49. The first-order valence-electron chi connectivity index (χ1n) is 6.10. The van der Waals surface area contributed by atoms with Crippen LogP contribution < -0.4 is 10.5 Å². The van der Waals surface area contributed by atoms with Crippen molar-refractivity contribution in [2.75, 3.05) is 0 Å². The Morgan fingerprint density at radius 2 is 1.85 bits per heavy atom. The number of oxime groups is 1. The summed E-state index contributed by atoms with van der Waals surface area (Å²) in [6.07, 6.45) is 0.418. The van der Waals surface area contributed by atoms with E-state index in [1.165, 1.54) is 0 Å². The van der Waals surface area contributed by atoms with Crippen molar-refractivity contribution >= 4 is 21.8 Å². The molecule has 0 spiro atoms. The summed E-state index contributed by atoms with van der Waals surface area (Å²) in [5.41, 5.74) is 7.52. The van der Waals surface area contributed by atoms with Crippen LogP contribution in [-0.4, -0.2) is 11.0 Å². The van der Waals surface area contributed by atoms with Crippen molar-refractivity contribution in [1.82, 2.24) is 0 Å². The van der Waals surface area contributed by atoms with Gasteiger partial charge in [-0.3, -0.25) is 0 Å². The second-order valence-electron chi connectivity index (χ2n) is 4.29. The zero-order valence-electron chi connectivity index (χ0n) is 10.8. The van der Waals surface area contributed by atoms with Gasteiger partial charge in [0.05, 0.1) is 0 Å². The molecule has 4 nitrogen and oxygen atoms in total. The van der Waals surface area contributed by atoms with Crippen LogP contribution in [-0.2, 0) is 13.0 Å². The van der Waals surface area contributed by atoms with Gasteiger partial charge in [-0.15, -0.1) is 0 Å². The van der Waals surface area contributed by atoms with Gasteiger partial charge in [0, 0.05) is 16.5 Å². The molecule has 2 aromatic carbocycles. The Hall–Kier alpha value is -2.01. The molecule has 0 radical (unpaired) electrons. The summed E-state index contributed by atoms with van der Waals surface area (Å²) in [7, 11) is 0. The highest BCUT2D eigenvalue weighted by molar-refractivity contribution is 9.10. The number of nitrogens with two attached hydrogens (primary N) is 1. The van der Waals surface area contributed by atoms with Gasteiger partial charge >= 0.3 is 0 Å². The van der Waals surface area contributed by atoms with Gasteiger partial charge < -0.3 is 15.7 Å². The summed E-state index contributed by atoms with van der Waals surface area (Å²) in [4.78, 5) is 0. The minimum Gasteiger partial charge on any atom is -0.489 e. The molecule has 0 atom stereocenters. The fourth-order valence-corrected chi connectivity index (χ4v) is 2.12. The minimum atomic E-state index is 0.187. The fourth-order valence-electron chi connectivity index (χ4n) is 1.72. The zero-order chi connectivity index (χ0) is 14.4. The molecular formula is C15H15BrN2O2. The molecule has 0 aliphatic heterocycles. The minimum absolute atomic E-state index is 0.187. The Morgan fingerprint density at radius 1 is 1.15 bits per heavy atom. The summed E-state index contributed by atoms with van der Waals surface area (Å²) in [6, 6.07) is 15.5. The molecule has 0 fully saturated rings. The number of hydrogen-bond acceptors (Lipinski definition) is 3. The summed E-state index contributed by atoms with van der Waals surface area (Å²) < 4.78 is 6.75. The highest BCUT2D eigenvalue weighted by atomic mass is 79.9. The standard InChI is InChI=1S/C15H15BrN2O2/c16-14-4-2-1-3-12(14)10-20-13-7-5-11(6-8-13)9-15(17)18-19/h1-8,19H,9-10H2,(H2,17,18). The van der Waals surface area contributed by atoms with Crippen molar-refractivity contribution in [3.8, 4) is 5.75 Å². The van der Waals surface area contributed by atoms with Crippen molar-refractivity contribution in [3.05, 3.63) is 64.1 Å². The van der Waals surface area contributed by atoms with E-state index in [-0.39, 0.29) is 5.84 Å². The molecule has 0 saturated heterocycles. The monoisotopic (exact) mass is 334 g/mol. The molecule has 0 saturated carbocycles. The first-order valence-corrected chi connectivity index (χ1v) is 6.90. The third-order valence-electron chi connectivity index (χ3n) is 2.79. The number of nitrogens with zero attached hydrogens (tertiary/aromatic N) is 1. The van der Waals surface area contributed by atoms with Crippen LogP contribution in [0.3, 0.4) is 0 Å². The van der Waals surface area contributed by atoms with Crippen LogP contribution >= 0.6 is 15.9 Å². The Bertz CT molecular complexity index is 597. The predicted octanol–water partition coefficient (Wildman–Crippen LogP) is 3.32. The Kier molecular flexibility index (Phi) is 5.01. The third-order valence-corrected chi connectivity index (χ3v) is 3.56. The van der Waals surface area contributed by atoms with Crippen LogP contribution in [0.15, 0.2) is 58.2 Å². The number of benzene rings is 2. The van der Waals surface area contributed by atoms with Crippen molar-refractivity contribution in [1.29, 1.82) is 0 Å². The predicted molar refractivity (Wildman–Crippen MR) is 82.0 cm³/mol. The van der Waals surface area contributed by atoms with Gasteiger partial charge in [-0.25, -0.2) is 0 Å². The smallest absolute Gasteiger partial charge is 0.143 e. The fraction of sp³-hybridized carbons (Fsp3) is 0.133. The van der Waals surface area contributed by atoms with Crippen LogP contribution in [0.5, 0.6) is 5.75 Å². The largest absolute Gasteiger partial charge is 0.489 e. The molecule has 0 unspecified atom stereocenters. The molecule has 2 aromatic rings. The molecule has 0 aliphatic rings. The topological polar surface area (TPSA) is 67.8 Å². The van der Waals surface area contributed by atoms with Crippen LogP contribution in [0.4, 0.5) is 0 Å². The first-order chi connectivity index (χ1) is 9.69. The van der Waals surface area contributed by atoms with Gasteiger partial charge in [0.15, 0.2) is 0 Å². The van der Waals surface area contributed by atoms with Gasteiger partial charge in [0.1, 0.15) is 18.2 Å². The normalized spacial score (nSPS) is 11.3. The van der Waals surface area contributed by atoms with E-state index in [4.69, 9.17) is 15.7 Å². The van der Waals surface area contributed by atoms with E-state index >= 15 is 0 Å². The number of hydrogen-bond donors (Lipinski definition) is 2. The lowest BCUT2D eigenvalue weighted by Gasteiger charge is -2.08. The quantitative estimate of drug-likeness (QED) is 0.381. The average molecular weight is 335 g/mol. The number of halogens is 1. The molecule has 0 bridgehead atoms. The third kappa shape index (κ3) is 3.99. The van der Waals surface area contributed by atoms with E-state index in [1.54, 1.807) is 0 Å². The molecule has 104 valence electrons. The van der Waals surface area contributed by atoms with Crippen molar-refractivity contribution in [2.45, 2.75) is 13.0 Å². The summed E-state index contributed by atoms with van der Waals surface area (Å²) in [5.74, 6) is 0.968. The van der Waals surface area contributed by atoms with Crippen LogP contribution in [0.1, 0.15) is 11.1 Å². The molecule has 20 heavy (non-hydrogen) atoms. The SMILES string of the molecule is N/C(Cc1ccc(OCc2ccccc2Br)cc1)=N\O. The van der Waals surface area contributed by atoms with Crippen LogP contribution in [0.2, 0.25) is 0 Å². The second kappa shape index (κ2) is 6.96. The van der Waals surface area contributed by atoms with E-state index in [1.807, 2.05) is 48.5 Å². The first kappa shape index (κ1) is 14.4. The molecule has 3 N–H and O–H groups in total. The maximum atomic E-state index is 8.52. The van der Waals surface area contributed by atoms with Gasteiger partial charge in [-0.2, -0.15) is 0 Å². The van der Waals surface area contributed by atoms with E-state index in [0.717, 1.165) is 21.3 Å². The Labute approximate surface area is 126 Å². The number of amidine groups is 1. The van der Waals surface area contributed by atoms with E-state index in [9.17, 15) is 0 Å². The highest BCUT2D eigenvalue weighted by Crippen LogP contribution is 2.19. The molecule has 2 rings (SSSR count). The molecule has 5 heteroatoms. The molecule has 0 amide bonds. The van der Waals surface area contributed by atoms with E-state index in [0.29, 0.717) is 13.0 Å². The van der Waals surface area contributed by atoms with Crippen molar-refractivity contribution in [2.24, 2.45) is 10.9 Å². The molecule has 0 aliphatic carbocycles. The number of ether oxygens (including phenoxy) is 1. The van der Waals surface area contributed by atoms with Gasteiger partial charge in [-0.1, -0.05) is 51.4 Å². The molecular weight excluding hydrogens is 320 g/mol. The lowest BCUT2D eigenvalue weighted by Crippen LogP contribution is -2.14. The maximum absolute atomic E-state index is 8.52. The van der Waals surface area contributed by atoms with Crippen LogP contribution in [0, 0.1) is 0 Å². The van der Waals surface area contributed by atoms with Gasteiger partial charge in [0.2, 0.25) is 0 Å². The van der Waals surface area contributed by atoms with Gasteiger partial charge in [0.25, 0.3) is 0 Å². The number of rotatable bonds is 5. The van der Waals surface area contributed by atoms with Crippen molar-refractivity contribution < 1.29 is 9.94 Å². The average Bonchev–Trinajstić information content (AvgIpc) is 2.48. The van der Waals surface area contributed by atoms with Crippen molar-refractivity contribution in [3.63, 3.8) is 0 Å². The Morgan fingerprint density at radius 3 is 2.50 bits per heavy atom. The maximum Gasteiger partial charge on any atom is 0.143 e. The zero-order valence-corrected chi connectivity index (χ0v) is 12.4. The second-order valence-corrected chi connectivity index (χ2v) is 5.15. The summed E-state index contributed by atoms with van der Waals surface area (Å²) in [5, 5.41) is 11.5. The summed E-state index contributed by atoms with van der Waals surface area (Å²) in [6.45, 7) is 0.501. The van der Waals surface area contributed by atoms with Crippen LogP contribution in [0.25, 0.3) is 0 Å². The lowest BCUT2D eigenvalue weighted by atomic mass is 10.1. The Balaban J connectivity index is 1.96. The molecule has 0 heterocycles. The van der Waals surface area contributed by atoms with E-state index in [2.05, 4.69) is 21.1 Å². The lowest BCUT2D eigenvalue weighted by molar-refractivity contribution is 0.305. The highest BCUT2D eigenvalue weighted by Gasteiger charge is 2.01. The van der Waals surface area contributed by atoms with E-state index < -0.39 is 0 Å². The van der Waals surface area contributed by atoms with Gasteiger partial charge in [-0.05, 0) is 23.8 Å².